The predicted octanol–water partition coefficient (Wildman–Crippen LogP) is 3.48. The number of carbonyl (C=O) groups excluding carboxylic acids is 2. The van der Waals surface area contributed by atoms with Gasteiger partial charge in [-0.15, -0.1) is 11.8 Å². The molecule has 1 heterocycles. The molecular formula is C24H30N2O4S. The van der Waals surface area contributed by atoms with Crippen LogP contribution in [0.1, 0.15) is 28.4 Å². The Morgan fingerprint density at radius 1 is 0.968 bits per heavy atom. The lowest BCUT2D eigenvalue weighted by Gasteiger charge is -2.34. The van der Waals surface area contributed by atoms with Crippen LogP contribution in [0.15, 0.2) is 42.5 Å². The zero-order valence-electron chi connectivity index (χ0n) is 18.4. The van der Waals surface area contributed by atoms with Crippen molar-refractivity contribution in [1.29, 1.82) is 0 Å². The molecule has 1 aliphatic heterocycles. The van der Waals surface area contributed by atoms with Crippen molar-refractivity contribution >= 4 is 23.5 Å². The number of Topliss-reactive ketones (excluding diaryl/α,β-unsaturated/α-hetero) is 1. The third-order valence-corrected chi connectivity index (χ3v) is 6.43. The number of amides is 1. The quantitative estimate of drug-likeness (QED) is 0.554. The van der Waals surface area contributed by atoms with Crippen LogP contribution in [0.4, 0.5) is 0 Å². The molecule has 0 radical (unpaired) electrons. The van der Waals surface area contributed by atoms with Crippen LogP contribution < -0.4 is 9.47 Å². The van der Waals surface area contributed by atoms with Crippen LogP contribution in [0.3, 0.4) is 0 Å². The van der Waals surface area contributed by atoms with Crippen molar-refractivity contribution < 1.29 is 19.1 Å². The summed E-state index contributed by atoms with van der Waals surface area (Å²) in [6, 6.07) is 13.6. The third kappa shape index (κ3) is 6.48. The summed E-state index contributed by atoms with van der Waals surface area (Å²) in [5, 5.41) is 0. The third-order valence-electron chi connectivity index (χ3n) is 5.46. The second kappa shape index (κ2) is 11.2. The molecule has 0 aliphatic carbocycles. The topological polar surface area (TPSA) is 59.1 Å². The molecule has 0 atom stereocenters. The van der Waals surface area contributed by atoms with E-state index >= 15 is 0 Å². The van der Waals surface area contributed by atoms with E-state index < -0.39 is 0 Å². The van der Waals surface area contributed by atoms with Crippen molar-refractivity contribution in [2.24, 2.45) is 0 Å². The van der Waals surface area contributed by atoms with Gasteiger partial charge in [-0.2, -0.15) is 0 Å². The van der Waals surface area contributed by atoms with Crippen molar-refractivity contribution in [1.82, 2.24) is 9.80 Å². The van der Waals surface area contributed by atoms with Crippen molar-refractivity contribution in [3.63, 3.8) is 0 Å². The number of thioether (sulfide) groups is 1. The first kappa shape index (κ1) is 23.2. The SMILES string of the molecule is COc1ccc(CN2CCN(C(=O)CSCc3cc(C(C)=O)ccc3OC)CC2)cc1. The number of carbonyl (C=O) groups is 2. The van der Waals surface area contributed by atoms with Crippen LogP contribution in [0, 0.1) is 0 Å². The van der Waals surface area contributed by atoms with Gasteiger partial charge in [0, 0.05) is 49.6 Å². The Labute approximate surface area is 188 Å². The van der Waals surface area contributed by atoms with E-state index in [0.717, 1.165) is 49.8 Å². The lowest BCUT2D eigenvalue weighted by Crippen LogP contribution is -2.48. The first-order valence-electron chi connectivity index (χ1n) is 10.4. The van der Waals surface area contributed by atoms with Gasteiger partial charge < -0.3 is 14.4 Å². The first-order chi connectivity index (χ1) is 15.0. The second-order valence-corrected chi connectivity index (χ2v) is 8.57. The number of rotatable bonds is 9. The molecule has 1 fully saturated rings. The highest BCUT2D eigenvalue weighted by Crippen LogP contribution is 2.25. The van der Waals surface area contributed by atoms with E-state index in [0.29, 0.717) is 17.1 Å². The number of hydrogen-bond donors (Lipinski definition) is 0. The Balaban J connectivity index is 1.44. The fraction of sp³-hybridized carbons (Fsp3) is 0.417. The summed E-state index contributed by atoms with van der Waals surface area (Å²) in [6.45, 7) is 5.68. The van der Waals surface area contributed by atoms with Gasteiger partial charge in [0.05, 0.1) is 20.0 Å². The van der Waals surface area contributed by atoms with Gasteiger partial charge in [0.15, 0.2) is 5.78 Å². The summed E-state index contributed by atoms with van der Waals surface area (Å²) < 4.78 is 10.6. The van der Waals surface area contributed by atoms with Crippen LogP contribution >= 0.6 is 11.8 Å². The highest BCUT2D eigenvalue weighted by Gasteiger charge is 2.21. The van der Waals surface area contributed by atoms with Crippen LogP contribution in [0.25, 0.3) is 0 Å². The van der Waals surface area contributed by atoms with Crippen molar-refractivity contribution in [3.05, 3.63) is 59.2 Å². The molecule has 3 rings (SSSR count). The van der Waals surface area contributed by atoms with Crippen molar-refractivity contribution in [2.75, 3.05) is 46.2 Å². The summed E-state index contributed by atoms with van der Waals surface area (Å²) >= 11 is 1.56. The zero-order chi connectivity index (χ0) is 22.2. The second-order valence-electron chi connectivity index (χ2n) is 7.58. The Bertz CT molecular complexity index is 893. The molecule has 1 saturated heterocycles. The Morgan fingerprint density at radius 2 is 1.68 bits per heavy atom. The number of piperazine rings is 1. The van der Waals surface area contributed by atoms with E-state index in [9.17, 15) is 9.59 Å². The molecule has 2 aromatic rings. The van der Waals surface area contributed by atoms with Gasteiger partial charge >= 0.3 is 0 Å². The Kier molecular flexibility index (Phi) is 8.37. The van der Waals surface area contributed by atoms with Crippen molar-refractivity contribution in [2.45, 2.75) is 19.2 Å². The minimum absolute atomic E-state index is 0.0255. The lowest BCUT2D eigenvalue weighted by atomic mass is 10.1. The fourth-order valence-electron chi connectivity index (χ4n) is 3.59. The van der Waals surface area contributed by atoms with Crippen molar-refractivity contribution in [3.8, 4) is 11.5 Å². The molecule has 7 heteroatoms. The number of hydrogen-bond acceptors (Lipinski definition) is 6. The molecule has 2 aromatic carbocycles. The maximum absolute atomic E-state index is 12.6. The molecule has 0 bridgehead atoms. The number of methoxy groups -OCH3 is 2. The van der Waals surface area contributed by atoms with Gasteiger partial charge in [-0.05, 0) is 42.8 Å². The van der Waals surface area contributed by atoms with Gasteiger partial charge in [-0.3, -0.25) is 14.5 Å². The average molecular weight is 443 g/mol. The maximum atomic E-state index is 12.6. The smallest absolute Gasteiger partial charge is 0.232 e. The predicted molar refractivity (Wildman–Crippen MR) is 124 cm³/mol. The molecule has 31 heavy (non-hydrogen) atoms. The van der Waals surface area contributed by atoms with E-state index in [1.54, 1.807) is 39.0 Å². The van der Waals surface area contributed by atoms with E-state index in [-0.39, 0.29) is 11.7 Å². The van der Waals surface area contributed by atoms with Crippen LogP contribution in [0.5, 0.6) is 11.5 Å². The van der Waals surface area contributed by atoms with Gasteiger partial charge in [-0.25, -0.2) is 0 Å². The standard InChI is InChI=1S/C24H30N2O4S/c1-18(27)20-6-9-23(30-3)21(14-20)16-31-17-24(28)26-12-10-25(11-13-26)15-19-4-7-22(29-2)8-5-19/h4-9,14H,10-13,15-17H2,1-3H3. The van der Waals surface area contributed by atoms with Crippen LogP contribution in [-0.4, -0.2) is 67.6 Å². The number of nitrogens with zero attached hydrogens (tertiary/aromatic N) is 2. The minimum Gasteiger partial charge on any atom is -0.497 e. The van der Waals surface area contributed by atoms with Gasteiger partial charge in [0.25, 0.3) is 0 Å². The van der Waals surface area contributed by atoms with E-state index in [2.05, 4.69) is 17.0 Å². The fourth-order valence-corrected chi connectivity index (χ4v) is 4.50. The largest absolute Gasteiger partial charge is 0.497 e. The summed E-state index contributed by atoms with van der Waals surface area (Å²) in [4.78, 5) is 28.6. The molecule has 166 valence electrons. The summed E-state index contributed by atoms with van der Waals surface area (Å²) in [7, 11) is 3.29. The average Bonchev–Trinajstić information content (AvgIpc) is 2.79. The molecule has 0 saturated carbocycles. The minimum atomic E-state index is 0.0255. The molecule has 0 aromatic heterocycles. The summed E-state index contributed by atoms with van der Waals surface area (Å²) in [5.41, 5.74) is 2.85. The summed E-state index contributed by atoms with van der Waals surface area (Å²) in [6.07, 6.45) is 0. The highest BCUT2D eigenvalue weighted by molar-refractivity contribution is 7.99. The van der Waals surface area contributed by atoms with E-state index in [1.807, 2.05) is 29.2 Å². The zero-order valence-corrected chi connectivity index (χ0v) is 19.2. The Hall–Kier alpha value is -2.51. The van der Waals surface area contributed by atoms with E-state index in [1.165, 1.54) is 5.56 Å². The monoisotopic (exact) mass is 442 g/mol. The number of benzene rings is 2. The normalized spacial score (nSPS) is 14.4. The first-order valence-corrected chi connectivity index (χ1v) is 11.5. The molecular weight excluding hydrogens is 412 g/mol. The van der Waals surface area contributed by atoms with Crippen LogP contribution in [0.2, 0.25) is 0 Å². The molecule has 1 aliphatic rings. The van der Waals surface area contributed by atoms with Gasteiger partial charge in [-0.1, -0.05) is 12.1 Å². The maximum Gasteiger partial charge on any atom is 0.232 e. The lowest BCUT2D eigenvalue weighted by molar-refractivity contribution is -0.130. The number of ether oxygens (including phenoxy) is 2. The molecule has 0 spiro atoms. The number of ketones is 1. The Morgan fingerprint density at radius 3 is 2.29 bits per heavy atom. The van der Waals surface area contributed by atoms with E-state index in [4.69, 9.17) is 9.47 Å². The molecule has 1 amide bonds. The van der Waals surface area contributed by atoms with Gasteiger partial charge in [0.1, 0.15) is 11.5 Å². The highest BCUT2D eigenvalue weighted by atomic mass is 32.2. The molecule has 0 unspecified atom stereocenters. The van der Waals surface area contributed by atoms with Crippen LogP contribution in [-0.2, 0) is 17.1 Å². The molecule has 6 nitrogen and oxygen atoms in total. The molecule has 0 N–H and O–H groups in total. The summed E-state index contributed by atoms with van der Waals surface area (Å²) in [5.74, 6) is 2.85. The van der Waals surface area contributed by atoms with Gasteiger partial charge in [0.2, 0.25) is 5.91 Å².